The van der Waals surface area contributed by atoms with Gasteiger partial charge >= 0.3 is 0 Å². The van der Waals surface area contributed by atoms with E-state index in [1.165, 1.54) is 27.8 Å². The number of fused-ring (bicyclic) bond motifs is 12. The van der Waals surface area contributed by atoms with E-state index in [1.54, 1.807) is 0 Å². The zero-order chi connectivity index (χ0) is 76.5. The predicted octanol–water partition coefficient (Wildman–Crippen LogP) is 23.9. The van der Waals surface area contributed by atoms with Crippen LogP contribution in [-0.4, -0.2) is 0 Å². The lowest BCUT2D eigenvalue weighted by Crippen LogP contribution is -2.30. The molecule has 16 aromatic rings. The minimum Gasteiger partial charge on any atom is -0.467 e. The summed E-state index contributed by atoms with van der Waals surface area (Å²) >= 11 is 0. The first-order valence-electron chi connectivity index (χ1n) is 37.2. The van der Waals surface area contributed by atoms with Crippen molar-refractivity contribution in [2.45, 2.75) is 109 Å². The minimum absolute atomic E-state index is 0.499. The van der Waals surface area contributed by atoms with E-state index in [0.717, 1.165) is 170 Å². The minimum atomic E-state index is 0.499. The number of nitrogens with zero attached hydrogens (tertiary/aromatic N) is 8. The van der Waals surface area contributed by atoms with Crippen molar-refractivity contribution in [3.05, 3.63) is 279 Å². The molecule has 8 heterocycles. The second kappa shape index (κ2) is 30.9. The van der Waals surface area contributed by atoms with Gasteiger partial charge in [-0.15, -0.1) is 0 Å². The van der Waals surface area contributed by atoms with E-state index < -0.39 is 0 Å². The van der Waals surface area contributed by atoms with E-state index in [0.29, 0.717) is 51.9 Å². The zero-order valence-corrected chi connectivity index (χ0v) is 64.8. The smallest absolute Gasteiger partial charge is 0.243 e. The predicted molar refractivity (Wildman–Crippen MR) is 438 cm³/mol. The van der Waals surface area contributed by atoms with Crippen LogP contribution >= 0.6 is 0 Å². The average molecular weight is 1420 g/mol. The Bertz CT molecular complexity index is 6320. The fourth-order valence-corrected chi connectivity index (χ4v) is 15.4. The molecule has 0 atom stereocenters. The van der Waals surface area contributed by atoms with Gasteiger partial charge in [0.15, 0.2) is 30.5 Å². The van der Waals surface area contributed by atoms with Gasteiger partial charge in [0.1, 0.15) is 78.9 Å². The Morgan fingerprint density at radius 3 is 1.30 bits per heavy atom. The molecule has 16 rings (SSSR count). The van der Waals surface area contributed by atoms with Gasteiger partial charge < -0.3 is 17.7 Å². The number of hydrogen-bond acceptors (Lipinski definition) is 5. The van der Waals surface area contributed by atoms with Gasteiger partial charge in [0, 0.05) is 91.6 Å². The van der Waals surface area contributed by atoms with Gasteiger partial charge in [-0.25, -0.2) is 32.8 Å². The molecule has 0 saturated heterocycles. The second-order valence-corrected chi connectivity index (χ2v) is 30.6. The number of pyridine rings is 4. The van der Waals surface area contributed by atoms with Crippen molar-refractivity contribution >= 4 is 105 Å². The van der Waals surface area contributed by atoms with E-state index in [-0.39, 0.29) is 0 Å². The Balaban J connectivity index is 0.000000127. The highest BCUT2D eigenvalue weighted by Crippen LogP contribution is 2.45. The number of aromatic nitrogens is 4. The van der Waals surface area contributed by atoms with Crippen molar-refractivity contribution in [1.29, 1.82) is 5.26 Å². The number of hydrogen-bond donors (Lipinski definition) is 0. The largest absolute Gasteiger partial charge is 0.467 e. The van der Waals surface area contributed by atoms with Crippen molar-refractivity contribution < 1.29 is 35.9 Å². The molecule has 8 aromatic heterocycles. The summed E-state index contributed by atoms with van der Waals surface area (Å²) in [6, 6.07) is 60.7. The summed E-state index contributed by atoms with van der Waals surface area (Å²) in [5, 5.41) is 18.3. The first kappa shape index (κ1) is 73.8. The van der Waals surface area contributed by atoms with Crippen LogP contribution in [0.4, 0.5) is 17.1 Å². The number of rotatable bonds is 12. The SMILES string of the molecule is Cc1cc2c(cc1-c1cccc[n+]1C)oc1ccc(CC(C)C)c(C#N)c12.[C-]#[N+]c1c(-c2cccc[n+]2C)c(C)cc2c1oc1ccc(CC(C)C)cc12.[C-]#[N+]c1cc(CC(C)C)cc2c1oc1cc(-c3cccc[n+]3C)c(C)cc12.[C-]#[N+]c1cc2oc3cc(-c4cccc[n+]4C)c(C)cc3c2cc1CC(C)C. The molecule has 0 fully saturated rings. The first-order valence-corrected chi connectivity index (χ1v) is 37.2. The highest BCUT2D eigenvalue weighted by molar-refractivity contribution is 6.14. The normalized spacial score (nSPS) is 11.4. The van der Waals surface area contributed by atoms with Crippen molar-refractivity contribution in [3.8, 4) is 51.1 Å². The highest BCUT2D eigenvalue weighted by Gasteiger charge is 2.26. The van der Waals surface area contributed by atoms with Crippen molar-refractivity contribution in [3.63, 3.8) is 0 Å². The van der Waals surface area contributed by atoms with Gasteiger partial charge in [-0.2, -0.15) is 5.26 Å². The Morgan fingerprint density at radius 2 is 0.778 bits per heavy atom. The Labute approximate surface area is 633 Å². The summed E-state index contributed by atoms with van der Waals surface area (Å²) in [6.07, 6.45) is 11.9. The summed E-state index contributed by atoms with van der Waals surface area (Å²) in [7, 11) is 8.15. The lowest BCUT2D eigenvalue weighted by Gasteiger charge is -2.08. The molecule has 536 valence electrons. The van der Waals surface area contributed by atoms with Crippen LogP contribution in [0.2, 0.25) is 0 Å². The van der Waals surface area contributed by atoms with E-state index in [9.17, 15) is 5.26 Å². The van der Waals surface area contributed by atoms with E-state index in [4.69, 9.17) is 37.4 Å². The molecule has 12 nitrogen and oxygen atoms in total. The molecular formula is C96H92N8O4+4. The van der Waals surface area contributed by atoms with Crippen LogP contribution in [0.1, 0.15) is 105 Å². The maximum Gasteiger partial charge on any atom is 0.243 e. The van der Waals surface area contributed by atoms with Crippen molar-refractivity contribution in [1.82, 2.24) is 0 Å². The summed E-state index contributed by atoms with van der Waals surface area (Å²) in [6.45, 7) is 49.0. The van der Waals surface area contributed by atoms with Crippen LogP contribution in [-0.2, 0) is 53.9 Å². The van der Waals surface area contributed by atoms with Crippen LogP contribution in [0.15, 0.2) is 212 Å². The fraction of sp³-hybridized carbons (Fsp3) is 0.250. The molecule has 0 spiro atoms. The second-order valence-electron chi connectivity index (χ2n) is 30.6. The molecular weight excluding hydrogens is 1330 g/mol. The quantitative estimate of drug-likeness (QED) is 0.0895. The lowest BCUT2D eigenvalue weighted by molar-refractivity contribution is -0.660. The molecule has 8 aromatic carbocycles. The lowest BCUT2D eigenvalue weighted by atomic mass is 9.94. The van der Waals surface area contributed by atoms with E-state index >= 15 is 0 Å². The standard InChI is InChI=1S/4C24H23N2O/c1-15(2)12-17-9-10-21-18(14-17)19-13-16(3)22(23(25-4)24(19)27-21)20-8-6-7-11-26(20)5;1-15(2)10-17-12-20-19-11-16(3)18(22-8-6-7-9-26(22)5)13-23(19)27-24(20)14-21(17)25-4;1-15(2)10-17-12-20-19-11-16(3)18(22-8-6-7-9-26(22)5)14-23(19)27-24(20)21(13-17)25-4;1-15(2)11-17-8-9-22-24(20(17)14-25)19-12-16(3)18(13-23(19)27-22)21-7-5-6-10-26(21)4/h6-11,13-15H,12H2,1-3,5H3;2*6-9,11-15H,10H2,1-3,5H3;5-10,12-13,15H,11H2,1-4H3/q4*+1. The van der Waals surface area contributed by atoms with Crippen molar-refractivity contribution in [2.75, 3.05) is 0 Å². The Hall–Kier alpha value is -12.5. The topological polar surface area (TPSA) is 105 Å². The maximum atomic E-state index is 9.85. The number of furan rings is 4. The van der Waals surface area contributed by atoms with Gasteiger partial charge in [-0.1, -0.05) is 79.2 Å². The van der Waals surface area contributed by atoms with Gasteiger partial charge in [0.05, 0.1) is 47.5 Å². The molecule has 0 aliphatic carbocycles. The third-order valence-electron chi connectivity index (χ3n) is 20.4. The molecule has 0 N–H and O–H groups in total. The number of aryl methyl sites for hydroxylation is 8. The van der Waals surface area contributed by atoms with Gasteiger partial charge in [0.25, 0.3) is 0 Å². The third-order valence-corrected chi connectivity index (χ3v) is 20.4. The van der Waals surface area contributed by atoms with Crippen LogP contribution in [0.5, 0.6) is 0 Å². The maximum absolute atomic E-state index is 9.85. The monoisotopic (exact) mass is 1420 g/mol. The Morgan fingerprint density at radius 1 is 0.361 bits per heavy atom. The van der Waals surface area contributed by atoms with E-state index in [2.05, 4.69) is 222 Å². The van der Waals surface area contributed by atoms with Crippen LogP contribution in [0.25, 0.3) is 147 Å². The summed E-state index contributed by atoms with van der Waals surface area (Å²) in [5.41, 5.74) is 27.2. The first-order chi connectivity index (χ1) is 51.9. The molecule has 0 amide bonds. The fourth-order valence-electron chi connectivity index (χ4n) is 15.4. The highest BCUT2D eigenvalue weighted by atomic mass is 16.3. The van der Waals surface area contributed by atoms with Crippen LogP contribution in [0, 0.1) is 82.4 Å². The average Bonchev–Trinajstić information content (AvgIpc) is 1.60. The number of nitriles is 1. The molecule has 0 unspecified atom stereocenters. The van der Waals surface area contributed by atoms with Gasteiger partial charge in [0.2, 0.25) is 34.2 Å². The summed E-state index contributed by atoms with van der Waals surface area (Å²) in [5.74, 6) is 2.16. The summed E-state index contributed by atoms with van der Waals surface area (Å²) < 4.78 is 33.0. The Kier molecular flexibility index (Phi) is 21.1. The molecule has 0 aliphatic heterocycles. The molecule has 12 heteroatoms. The molecule has 0 saturated carbocycles. The van der Waals surface area contributed by atoms with Gasteiger partial charge in [-0.3, -0.25) is 0 Å². The zero-order valence-electron chi connectivity index (χ0n) is 64.8. The van der Waals surface area contributed by atoms with Gasteiger partial charge in [-0.05, 0) is 219 Å². The molecule has 0 aliphatic rings. The van der Waals surface area contributed by atoms with Crippen molar-refractivity contribution in [2.24, 2.45) is 51.9 Å². The molecule has 0 radical (unpaired) electrons. The molecule has 0 bridgehead atoms. The number of benzene rings is 8. The summed E-state index contributed by atoms with van der Waals surface area (Å²) in [4.78, 5) is 11.3. The van der Waals surface area contributed by atoms with Crippen LogP contribution < -0.4 is 18.3 Å². The third kappa shape index (κ3) is 14.7. The van der Waals surface area contributed by atoms with E-state index in [1.807, 2.05) is 123 Å². The van der Waals surface area contributed by atoms with Crippen LogP contribution in [0.3, 0.4) is 0 Å². The molecule has 108 heavy (non-hydrogen) atoms.